The van der Waals surface area contributed by atoms with Crippen LogP contribution in [0.3, 0.4) is 0 Å². The van der Waals surface area contributed by atoms with Gasteiger partial charge in [-0.1, -0.05) is 12.1 Å². The second-order valence-electron chi connectivity index (χ2n) is 7.57. The first-order chi connectivity index (χ1) is 13.4. The molecule has 1 N–H and O–H groups in total. The van der Waals surface area contributed by atoms with Crippen molar-refractivity contribution < 1.29 is 14.7 Å². The fourth-order valence-corrected chi connectivity index (χ4v) is 4.34. The minimum atomic E-state index is -0.824. The van der Waals surface area contributed by atoms with Gasteiger partial charge in [-0.25, -0.2) is 9.50 Å². The van der Waals surface area contributed by atoms with Gasteiger partial charge in [0, 0.05) is 35.8 Å². The number of benzene rings is 1. The molecule has 28 heavy (non-hydrogen) atoms. The van der Waals surface area contributed by atoms with E-state index in [0.717, 1.165) is 33.5 Å². The van der Waals surface area contributed by atoms with Crippen molar-refractivity contribution in [1.82, 2.24) is 19.5 Å². The normalized spacial score (nSPS) is 19.6. The molecule has 0 radical (unpaired) electrons. The van der Waals surface area contributed by atoms with Crippen LogP contribution < -0.4 is 0 Å². The number of aromatic nitrogens is 3. The largest absolute Gasteiger partial charge is 0.481 e. The highest BCUT2D eigenvalue weighted by atomic mass is 16.4. The highest BCUT2D eigenvalue weighted by molar-refractivity contribution is 5.92. The summed E-state index contributed by atoms with van der Waals surface area (Å²) >= 11 is 0. The zero-order valence-electron chi connectivity index (χ0n) is 16.3. The summed E-state index contributed by atoms with van der Waals surface area (Å²) in [5.74, 6) is -1.29. The Morgan fingerprint density at radius 1 is 1.25 bits per heavy atom. The van der Waals surface area contributed by atoms with Crippen LogP contribution in [-0.2, 0) is 16.0 Å². The molecular weight excluding hydrogens is 356 g/mol. The number of aryl methyl sites for hydroxylation is 2. The molecule has 1 aromatic carbocycles. The number of rotatable bonds is 4. The van der Waals surface area contributed by atoms with Crippen LogP contribution in [0.15, 0.2) is 24.3 Å². The molecule has 1 saturated heterocycles. The van der Waals surface area contributed by atoms with Gasteiger partial charge in [-0.05, 0) is 51.3 Å². The third kappa shape index (κ3) is 2.91. The van der Waals surface area contributed by atoms with E-state index in [1.54, 1.807) is 4.90 Å². The molecular formula is C21H24N4O3. The van der Waals surface area contributed by atoms with E-state index in [2.05, 4.69) is 5.10 Å². The van der Waals surface area contributed by atoms with Crippen LogP contribution in [0.25, 0.3) is 16.6 Å². The van der Waals surface area contributed by atoms with Crippen molar-refractivity contribution in [3.63, 3.8) is 0 Å². The van der Waals surface area contributed by atoms with E-state index in [1.165, 1.54) is 0 Å². The van der Waals surface area contributed by atoms with E-state index in [4.69, 9.17) is 4.98 Å². The van der Waals surface area contributed by atoms with E-state index in [1.807, 2.05) is 49.6 Å². The van der Waals surface area contributed by atoms with Crippen molar-refractivity contribution in [2.45, 2.75) is 46.1 Å². The molecule has 1 amide bonds. The molecule has 146 valence electrons. The van der Waals surface area contributed by atoms with E-state index in [0.29, 0.717) is 25.8 Å². The first-order valence-electron chi connectivity index (χ1n) is 9.64. The summed E-state index contributed by atoms with van der Waals surface area (Å²) in [6, 6.07) is 7.66. The molecule has 7 heteroatoms. The first kappa shape index (κ1) is 18.4. The van der Waals surface area contributed by atoms with Gasteiger partial charge >= 0.3 is 5.97 Å². The molecule has 4 rings (SSSR count). The zero-order chi connectivity index (χ0) is 20.0. The van der Waals surface area contributed by atoms with Gasteiger partial charge in [-0.2, -0.15) is 5.10 Å². The molecule has 2 aromatic heterocycles. The molecule has 1 fully saturated rings. The van der Waals surface area contributed by atoms with Gasteiger partial charge in [-0.15, -0.1) is 0 Å². The van der Waals surface area contributed by atoms with Crippen LogP contribution in [0.2, 0.25) is 0 Å². The van der Waals surface area contributed by atoms with Crippen molar-refractivity contribution in [2.75, 3.05) is 6.54 Å². The molecule has 2 unspecified atom stereocenters. The molecule has 3 heterocycles. The van der Waals surface area contributed by atoms with Gasteiger partial charge in [0.25, 0.3) is 0 Å². The maximum atomic E-state index is 12.7. The van der Waals surface area contributed by atoms with Crippen LogP contribution in [0.4, 0.5) is 0 Å². The van der Waals surface area contributed by atoms with Gasteiger partial charge in [-0.3, -0.25) is 9.59 Å². The standard InChI is InChI=1S/C21H24N4O3/c1-12-15(8-9-19(26)24-11-10-16(13(24)2)21(27)28)14(3)25-20(22-12)17-6-4-5-7-18(17)23-25/h4-7,13,16H,8-11H2,1-3H3,(H,27,28). The molecule has 0 aliphatic carbocycles. The molecule has 3 aromatic rings. The minimum absolute atomic E-state index is 0.000716. The lowest BCUT2D eigenvalue weighted by Crippen LogP contribution is -2.37. The lowest BCUT2D eigenvalue weighted by atomic mass is 10.0. The molecule has 7 nitrogen and oxygen atoms in total. The smallest absolute Gasteiger partial charge is 0.308 e. The van der Waals surface area contributed by atoms with Crippen LogP contribution in [0, 0.1) is 19.8 Å². The maximum absolute atomic E-state index is 12.7. The van der Waals surface area contributed by atoms with Gasteiger partial charge in [0.2, 0.25) is 5.91 Å². The Labute approximate surface area is 163 Å². The number of fused-ring (bicyclic) bond motifs is 3. The number of carbonyl (C=O) groups is 2. The Balaban J connectivity index is 1.57. The predicted molar refractivity (Wildman–Crippen MR) is 105 cm³/mol. The van der Waals surface area contributed by atoms with Crippen molar-refractivity contribution >= 4 is 28.4 Å². The van der Waals surface area contributed by atoms with E-state index in [9.17, 15) is 14.7 Å². The van der Waals surface area contributed by atoms with Crippen LogP contribution in [-0.4, -0.2) is 49.1 Å². The van der Waals surface area contributed by atoms with Gasteiger partial charge in [0.15, 0.2) is 5.65 Å². The summed E-state index contributed by atoms with van der Waals surface area (Å²) in [6.45, 7) is 6.31. The molecule has 0 saturated carbocycles. The Kier molecular flexibility index (Phi) is 4.53. The number of aliphatic carboxylic acids is 1. The minimum Gasteiger partial charge on any atom is -0.481 e. The SMILES string of the molecule is Cc1nc2c3ccccc3nn2c(C)c1CCC(=O)N1CCC(C(=O)O)C1C. The average molecular weight is 380 g/mol. The quantitative estimate of drug-likeness (QED) is 0.752. The Bertz CT molecular complexity index is 1090. The summed E-state index contributed by atoms with van der Waals surface area (Å²) in [4.78, 5) is 30.5. The average Bonchev–Trinajstić information content (AvgIpc) is 3.22. The molecule has 0 bridgehead atoms. The Hall–Kier alpha value is -2.96. The monoisotopic (exact) mass is 380 g/mol. The second kappa shape index (κ2) is 6.89. The number of hydrogen-bond acceptors (Lipinski definition) is 4. The van der Waals surface area contributed by atoms with Crippen LogP contribution in [0.5, 0.6) is 0 Å². The van der Waals surface area contributed by atoms with Crippen molar-refractivity contribution in [3.8, 4) is 0 Å². The Morgan fingerprint density at radius 3 is 2.71 bits per heavy atom. The lowest BCUT2D eigenvalue weighted by molar-refractivity contribution is -0.143. The van der Waals surface area contributed by atoms with Gasteiger partial charge < -0.3 is 10.0 Å². The summed E-state index contributed by atoms with van der Waals surface area (Å²) in [6.07, 6.45) is 1.43. The summed E-state index contributed by atoms with van der Waals surface area (Å²) < 4.78 is 1.86. The van der Waals surface area contributed by atoms with Gasteiger partial charge in [0.05, 0.1) is 11.4 Å². The molecule has 2 atom stereocenters. The highest BCUT2D eigenvalue weighted by Crippen LogP contribution is 2.26. The lowest BCUT2D eigenvalue weighted by Gasteiger charge is -2.23. The number of likely N-dealkylation sites (tertiary alicyclic amines) is 1. The molecule has 0 spiro atoms. The second-order valence-corrected chi connectivity index (χ2v) is 7.57. The third-order valence-electron chi connectivity index (χ3n) is 6.00. The van der Waals surface area contributed by atoms with Crippen molar-refractivity contribution in [1.29, 1.82) is 0 Å². The van der Waals surface area contributed by atoms with Crippen LogP contribution >= 0.6 is 0 Å². The topological polar surface area (TPSA) is 87.8 Å². The Morgan fingerprint density at radius 2 is 2.00 bits per heavy atom. The van der Waals surface area contributed by atoms with E-state index >= 15 is 0 Å². The van der Waals surface area contributed by atoms with Crippen LogP contribution in [0.1, 0.15) is 36.7 Å². The number of nitrogens with zero attached hydrogens (tertiary/aromatic N) is 4. The summed E-state index contributed by atoms with van der Waals surface area (Å²) in [5, 5.41) is 14.9. The zero-order valence-corrected chi connectivity index (χ0v) is 16.3. The number of carbonyl (C=O) groups excluding carboxylic acids is 1. The predicted octanol–water partition coefficient (Wildman–Crippen LogP) is 2.75. The van der Waals surface area contributed by atoms with Crippen molar-refractivity contribution in [2.24, 2.45) is 5.92 Å². The summed E-state index contributed by atoms with van der Waals surface area (Å²) in [5.41, 5.74) is 4.65. The summed E-state index contributed by atoms with van der Waals surface area (Å²) in [7, 11) is 0. The maximum Gasteiger partial charge on any atom is 0.308 e. The number of carboxylic acid groups (broad SMARTS) is 1. The van der Waals surface area contributed by atoms with E-state index in [-0.39, 0.29) is 11.9 Å². The molecule has 1 aliphatic heterocycles. The third-order valence-corrected chi connectivity index (χ3v) is 6.00. The van der Waals surface area contributed by atoms with E-state index < -0.39 is 11.9 Å². The van der Waals surface area contributed by atoms with Gasteiger partial charge in [0.1, 0.15) is 0 Å². The van der Waals surface area contributed by atoms with Crippen molar-refractivity contribution in [3.05, 3.63) is 41.2 Å². The number of hydrogen-bond donors (Lipinski definition) is 1. The highest BCUT2D eigenvalue weighted by Gasteiger charge is 2.37. The number of amides is 1. The molecule has 1 aliphatic rings. The fraction of sp³-hybridized carbons (Fsp3) is 0.429. The number of carboxylic acids is 1. The fourth-order valence-electron chi connectivity index (χ4n) is 4.34. The first-order valence-corrected chi connectivity index (χ1v) is 9.64.